The minimum absolute atomic E-state index is 0.227. The maximum atomic E-state index is 13.2. The predicted molar refractivity (Wildman–Crippen MR) is 47.4 cm³/mol. The number of alkyl halides is 3. The molecule has 0 N–H and O–H groups in total. The summed E-state index contributed by atoms with van der Waals surface area (Å²) in [6.45, 7) is 0. The number of benzene rings is 1. The minimum Gasteiger partial charge on any atom is -0.403 e. The van der Waals surface area contributed by atoms with Gasteiger partial charge in [0.2, 0.25) is 0 Å². The lowest BCUT2D eigenvalue weighted by Gasteiger charge is -2.19. The molecule has 84 valence electrons. The molecule has 15 heavy (non-hydrogen) atoms. The van der Waals surface area contributed by atoms with Gasteiger partial charge in [-0.05, 0) is 12.1 Å². The topological polar surface area (TPSA) is 12.5 Å². The Hall–Kier alpha value is -1.46. The number of ether oxygens (including phenoxy) is 1. The fourth-order valence-corrected chi connectivity index (χ4v) is 1.14. The van der Waals surface area contributed by atoms with E-state index in [-0.39, 0.29) is 5.69 Å². The second-order valence-corrected chi connectivity index (χ2v) is 3.03. The molecule has 0 radical (unpaired) electrons. The van der Waals surface area contributed by atoms with E-state index in [0.29, 0.717) is 0 Å². The van der Waals surface area contributed by atoms with Gasteiger partial charge in [-0.1, -0.05) is 6.07 Å². The van der Waals surface area contributed by atoms with Crippen molar-refractivity contribution >= 4 is 5.69 Å². The molecule has 1 aromatic carbocycles. The van der Waals surface area contributed by atoms with Gasteiger partial charge in [0, 0.05) is 14.1 Å². The quantitative estimate of drug-likeness (QED) is 0.715. The predicted octanol–water partition coefficient (Wildman–Crippen LogP) is 2.79. The third-order valence-corrected chi connectivity index (χ3v) is 1.62. The summed E-state index contributed by atoms with van der Waals surface area (Å²) in [5.74, 6) is -1.31. The van der Waals surface area contributed by atoms with Crippen molar-refractivity contribution in [2.75, 3.05) is 19.0 Å². The lowest BCUT2D eigenvalue weighted by Crippen LogP contribution is -2.20. The molecule has 0 fully saturated rings. The first kappa shape index (κ1) is 11.6. The second kappa shape index (κ2) is 3.96. The van der Waals surface area contributed by atoms with Gasteiger partial charge in [0.25, 0.3) is 0 Å². The largest absolute Gasteiger partial charge is 0.573 e. The smallest absolute Gasteiger partial charge is 0.403 e. The van der Waals surface area contributed by atoms with E-state index in [9.17, 15) is 17.6 Å². The molecule has 6 heteroatoms. The van der Waals surface area contributed by atoms with E-state index in [0.717, 1.165) is 18.2 Å². The zero-order chi connectivity index (χ0) is 11.6. The molecule has 0 heterocycles. The van der Waals surface area contributed by atoms with Crippen molar-refractivity contribution in [2.45, 2.75) is 6.36 Å². The van der Waals surface area contributed by atoms with E-state index in [1.54, 1.807) is 0 Å². The number of nitrogens with zero attached hydrogens (tertiary/aromatic N) is 1. The molecule has 0 spiro atoms. The first-order valence-electron chi connectivity index (χ1n) is 4.03. The third-order valence-electron chi connectivity index (χ3n) is 1.62. The molecular formula is C9H9F4NO. The Morgan fingerprint density at radius 1 is 1.20 bits per heavy atom. The van der Waals surface area contributed by atoms with Crippen LogP contribution in [-0.4, -0.2) is 20.5 Å². The van der Waals surface area contributed by atoms with Crippen LogP contribution in [0.3, 0.4) is 0 Å². The number of para-hydroxylation sites is 1. The standard InChI is InChI=1S/C9H9F4NO/c1-14(2)8-6(10)4-3-5-7(8)15-9(11,12)13/h3-5H,1-2H3. The van der Waals surface area contributed by atoms with Crippen LogP contribution in [0.5, 0.6) is 5.75 Å². The van der Waals surface area contributed by atoms with Crippen LogP contribution < -0.4 is 9.64 Å². The van der Waals surface area contributed by atoms with E-state index in [1.807, 2.05) is 0 Å². The zero-order valence-corrected chi connectivity index (χ0v) is 8.10. The van der Waals surface area contributed by atoms with Crippen LogP contribution in [0.1, 0.15) is 0 Å². The summed E-state index contributed by atoms with van der Waals surface area (Å²) in [6, 6.07) is 3.29. The van der Waals surface area contributed by atoms with Crippen molar-refractivity contribution < 1.29 is 22.3 Å². The van der Waals surface area contributed by atoms with Gasteiger partial charge < -0.3 is 9.64 Å². The van der Waals surface area contributed by atoms with E-state index < -0.39 is 17.9 Å². The summed E-state index contributed by atoms with van der Waals surface area (Å²) in [7, 11) is 2.86. The van der Waals surface area contributed by atoms with Gasteiger partial charge in [-0.2, -0.15) is 0 Å². The van der Waals surface area contributed by atoms with E-state index in [4.69, 9.17) is 0 Å². The first-order valence-corrected chi connectivity index (χ1v) is 4.03. The maximum absolute atomic E-state index is 13.2. The Morgan fingerprint density at radius 2 is 1.80 bits per heavy atom. The fourth-order valence-electron chi connectivity index (χ4n) is 1.14. The van der Waals surface area contributed by atoms with Crippen LogP contribution in [0.2, 0.25) is 0 Å². The number of hydrogen-bond acceptors (Lipinski definition) is 2. The van der Waals surface area contributed by atoms with Gasteiger partial charge in [0.15, 0.2) is 5.75 Å². The van der Waals surface area contributed by atoms with Gasteiger partial charge in [0.05, 0.1) is 0 Å². The molecule has 0 aliphatic rings. The van der Waals surface area contributed by atoms with Crippen molar-refractivity contribution in [3.63, 3.8) is 0 Å². The Morgan fingerprint density at radius 3 is 2.27 bits per heavy atom. The highest BCUT2D eigenvalue weighted by Gasteiger charge is 2.32. The van der Waals surface area contributed by atoms with Crippen molar-refractivity contribution in [1.82, 2.24) is 0 Å². The molecule has 0 bridgehead atoms. The number of rotatable bonds is 2. The molecule has 0 aromatic heterocycles. The Labute approximate surface area is 84.1 Å². The highest BCUT2D eigenvalue weighted by molar-refractivity contribution is 5.58. The number of hydrogen-bond donors (Lipinski definition) is 0. The normalized spacial score (nSPS) is 11.3. The average molecular weight is 223 g/mol. The van der Waals surface area contributed by atoms with E-state index in [1.165, 1.54) is 19.0 Å². The molecule has 2 nitrogen and oxygen atoms in total. The van der Waals surface area contributed by atoms with Crippen LogP contribution in [0, 0.1) is 5.82 Å². The molecule has 0 amide bonds. The summed E-state index contributed by atoms with van der Waals surface area (Å²) < 4.78 is 52.7. The first-order chi connectivity index (χ1) is 6.81. The second-order valence-electron chi connectivity index (χ2n) is 3.03. The van der Waals surface area contributed by atoms with Crippen molar-refractivity contribution in [2.24, 2.45) is 0 Å². The lowest BCUT2D eigenvalue weighted by atomic mass is 10.2. The molecule has 0 atom stereocenters. The molecule has 0 saturated heterocycles. The van der Waals surface area contributed by atoms with Gasteiger partial charge in [-0.15, -0.1) is 13.2 Å². The van der Waals surface area contributed by atoms with Crippen LogP contribution in [0.25, 0.3) is 0 Å². The zero-order valence-electron chi connectivity index (χ0n) is 8.10. The Kier molecular flexibility index (Phi) is 3.06. The number of halogens is 4. The molecule has 0 aliphatic carbocycles. The molecule has 0 aliphatic heterocycles. The Bertz CT molecular complexity index is 348. The summed E-state index contributed by atoms with van der Waals surface area (Å²) in [5, 5.41) is 0. The van der Waals surface area contributed by atoms with Crippen LogP contribution in [-0.2, 0) is 0 Å². The third kappa shape index (κ3) is 3.00. The molecule has 0 unspecified atom stereocenters. The summed E-state index contributed by atoms with van der Waals surface area (Å²) in [5.41, 5.74) is -0.227. The minimum atomic E-state index is -4.82. The molecule has 1 aromatic rings. The highest BCUT2D eigenvalue weighted by atomic mass is 19.4. The monoisotopic (exact) mass is 223 g/mol. The van der Waals surface area contributed by atoms with Gasteiger partial charge >= 0.3 is 6.36 Å². The van der Waals surface area contributed by atoms with Crippen LogP contribution in [0.15, 0.2) is 18.2 Å². The molecule has 0 saturated carbocycles. The van der Waals surface area contributed by atoms with Crippen molar-refractivity contribution in [3.05, 3.63) is 24.0 Å². The van der Waals surface area contributed by atoms with Gasteiger partial charge in [0.1, 0.15) is 11.5 Å². The summed E-state index contributed by atoms with van der Waals surface area (Å²) in [4.78, 5) is 1.22. The maximum Gasteiger partial charge on any atom is 0.573 e. The summed E-state index contributed by atoms with van der Waals surface area (Å²) >= 11 is 0. The van der Waals surface area contributed by atoms with Crippen LogP contribution >= 0.6 is 0 Å². The van der Waals surface area contributed by atoms with Gasteiger partial charge in [-0.25, -0.2) is 4.39 Å². The van der Waals surface area contributed by atoms with E-state index in [2.05, 4.69) is 4.74 Å². The van der Waals surface area contributed by atoms with E-state index >= 15 is 0 Å². The number of anilines is 1. The SMILES string of the molecule is CN(C)c1c(F)cccc1OC(F)(F)F. The Balaban J connectivity index is 3.12. The average Bonchev–Trinajstić information content (AvgIpc) is 1.99. The fraction of sp³-hybridized carbons (Fsp3) is 0.333. The molecular weight excluding hydrogens is 214 g/mol. The van der Waals surface area contributed by atoms with Crippen molar-refractivity contribution in [1.29, 1.82) is 0 Å². The lowest BCUT2D eigenvalue weighted by molar-refractivity contribution is -0.274. The summed E-state index contributed by atoms with van der Waals surface area (Å²) in [6.07, 6.45) is -4.82. The van der Waals surface area contributed by atoms with Gasteiger partial charge in [-0.3, -0.25) is 0 Å². The van der Waals surface area contributed by atoms with Crippen molar-refractivity contribution in [3.8, 4) is 5.75 Å². The highest BCUT2D eigenvalue weighted by Crippen LogP contribution is 2.33. The molecule has 1 rings (SSSR count). The van der Waals surface area contributed by atoms with Crippen LogP contribution in [0.4, 0.5) is 23.2 Å².